The van der Waals surface area contributed by atoms with Gasteiger partial charge in [0.25, 0.3) is 5.24 Å². The standard InChI is InChI=1S/C23H26F6N4O2S/c1-13(20(34)32(2)3)30-19-18(36-21(35)31-19)10-14-6-8-33(9-7-14)12-15-4-5-16(22(24,25)26)11-17(15)23(27,28)29/h4-5,10-11,13-14H,6-9,12H2,1-3H3,(H,30,31,35). The highest BCUT2D eigenvalue weighted by atomic mass is 32.2. The molecular formula is C23H26F6N4O2S. The quantitative estimate of drug-likeness (QED) is 0.529. The number of allylic oxidation sites excluding steroid dienone is 1. The molecule has 2 amide bonds. The summed E-state index contributed by atoms with van der Waals surface area (Å²) in [6.07, 6.45) is -6.72. The van der Waals surface area contributed by atoms with Gasteiger partial charge in [0.2, 0.25) is 5.91 Å². The number of nitrogens with one attached hydrogen (secondary N) is 1. The summed E-state index contributed by atoms with van der Waals surface area (Å²) < 4.78 is 79.1. The van der Waals surface area contributed by atoms with Crippen LogP contribution in [-0.2, 0) is 23.7 Å². The third kappa shape index (κ3) is 7.02. The van der Waals surface area contributed by atoms with Gasteiger partial charge in [0.15, 0.2) is 0 Å². The molecule has 3 rings (SSSR count). The topological polar surface area (TPSA) is 65.0 Å². The Bertz CT molecular complexity index is 1060. The van der Waals surface area contributed by atoms with Gasteiger partial charge in [-0.3, -0.25) is 19.5 Å². The second-order valence-corrected chi connectivity index (χ2v) is 9.93. The zero-order chi connectivity index (χ0) is 26.8. The summed E-state index contributed by atoms with van der Waals surface area (Å²) in [7, 11) is 3.21. The summed E-state index contributed by atoms with van der Waals surface area (Å²) in [6.45, 7) is 2.36. The van der Waals surface area contributed by atoms with Crippen LogP contribution >= 0.6 is 11.8 Å². The van der Waals surface area contributed by atoms with Crippen LogP contribution in [0.25, 0.3) is 0 Å². The molecule has 2 fully saturated rings. The molecule has 0 aromatic heterocycles. The summed E-state index contributed by atoms with van der Waals surface area (Å²) in [4.78, 5) is 32.1. The van der Waals surface area contributed by atoms with Crippen LogP contribution in [0.3, 0.4) is 0 Å². The summed E-state index contributed by atoms with van der Waals surface area (Å²) in [5.74, 6) is 0.119. The molecule has 6 nitrogen and oxygen atoms in total. The van der Waals surface area contributed by atoms with Gasteiger partial charge >= 0.3 is 12.4 Å². The van der Waals surface area contributed by atoms with Crippen LogP contribution in [0.4, 0.5) is 31.1 Å². The SMILES string of the molecule is CC(N=C1NC(=O)SC1=CC1CCN(Cc2ccc(C(F)(F)F)cc2C(F)(F)F)CC1)C(=O)N(C)C. The molecule has 0 radical (unpaired) electrons. The van der Waals surface area contributed by atoms with Crippen LogP contribution in [0, 0.1) is 5.92 Å². The number of likely N-dealkylation sites (N-methyl/N-ethyl adjacent to an activating group) is 1. The molecule has 1 unspecified atom stereocenters. The van der Waals surface area contributed by atoms with Crippen molar-refractivity contribution >= 4 is 28.7 Å². The number of piperidine rings is 1. The molecule has 0 spiro atoms. The van der Waals surface area contributed by atoms with Crippen LogP contribution in [0.2, 0.25) is 0 Å². The zero-order valence-corrected chi connectivity index (χ0v) is 20.7. The number of halogens is 6. The largest absolute Gasteiger partial charge is 0.416 e. The Kier molecular flexibility index (Phi) is 8.44. The van der Waals surface area contributed by atoms with Crippen molar-refractivity contribution in [2.45, 2.75) is 44.7 Å². The highest BCUT2D eigenvalue weighted by molar-refractivity contribution is 8.18. The molecule has 2 aliphatic heterocycles. The number of nitrogens with zero attached hydrogens (tertiary/aromatic N) is 3. The number of aliphatic imine (C=N–C) groups is 1. The number of hydrogen-bond donors (Lipinski definition) is 1. The monoisotopic (exact) mass is 536 g/mol. The Morgan fingerprint density at radius 3 is 2.39 bits per heavy atom. The molecule has 1 atom stereocenters. The number of alkyl halides is 6. The van der Waals surface area contributed by atoms with Crippen LogP contribution in [0.15, 0.2) is 34.2 Å². The van der Waals surface area contributed by atoms with Crippen molar-refractivity contribution in [2.24, 2.45) is 10.9 Å². The van der Waals surface area contributed by atoms with Gasteiger partial charge in [-0.15, -0.1) is 0 Å². The van der Waals surface area contributed by atoms with Crippen LogP contribution in [0.5, 0.6) is 0 Å². The Labute approximate surface area is 208 Å². The van der Waals surface area contributed by atoms with E-state index in [-0.39, 0.29) is 35.2 Å². The molecule has 1 aromatic rings. The van der Waals surface area contributed by atoms with Crippen molar-refractivity contribution in [3.8, 4) is 0 Å². The van der Waals surface area contributed by atoms with E-state index in [0.717, 1.165) is 17.8 Å². The number of rotatable bonds is 5. The first kappa shape index (κ1) is 28.0. The zero-order valence-electron chi connectivity index (χ0n) is 19.8. The maximum absolute atomic E-state index is 13.4. The van der Waals surface area contributed by atoms with E-state index >= 15 is 0 Å². The second-order valence-electron chi connectivity index (χ2n) is 8.91. The van der Waals surface area contributed by atoms with Crippen molar-refractivity contribution in [1.29, 1.82) is 0 Å². The Morgan fingerprint density at radius 1 is 1.19 bits per heavy atom. The van der Waals surface area contributed by atoms with E-state index < -0.39 is 29.5 Å². The van der Waals surface area contributed by atoms with Gasteiger partial charge in [0.05, 0.1) is 16.0 Å². The van der Waals surface area contributed by atoms with Crippen molar-refractivity contribution < 1.29 is 35.9 Å². The average molecular weight is 537 g/mol. The number of hydrogen-bond acceptors (Lipinski definition) is 5. The highest BCUT2D eigenvalue weighted by Crippen LogP contribution is 2.38. The number of likely N-dealkylation sites (tertiary alicyclic amines) is 1. The second kappa shape index (κ2) is 10.8. The minimum absolute atomic E-state index is 0.0243. The predicted octanol–water partition coefficient (Wildman–Crippen LogP) is 5.15. The number of benzene rings is 1. The van der Waals surface area contributed by atoms with E-state index in [1.165, 1.54) is 4.90 Å². The molecule has 2 aliphatic rings. The van der Waals surface area contributed by atoms with E-state index in [9.17, 15) is 35.9 Å². The van der Waals surface area contributed by atoms with Gasteiger partial charge in [-0.1, -0.05) is 12.1 Å². The van der Waals surface area contributed by atoms with Crippen molar-refractivity contribution in [3.05, 3.63) is 45.9 Å². The van der Waals surface area contributed by atoms with Crippen LogP contribution in [0.1, 0.15) is 36.5 Å². The molecule has 1 N–H and O–H groups in total. The average Bonchev–Trinajstić information content (AvgIpc) is 3.11. The summed E-state index contributed by atoms with van der Waals surface area (Å²) in [6, 6.07) is 1.04. The van der Waals surface area contributed by atoms with E-state index in [0.29, 0.717) is 42.7 Å². The lowest BCUT2D eigenvalue weighted by atomic mass is 9.95. The maximum atomic E-state index is 13.4. The van der Waals surface area contributed by atoms with E-state index in [1.54, 1.807) is 25.9 Å². The van der Waals surface area contributed by atoms with E-state index in [2.05, 4.69) is 10.3 Å². The minimum atomic E-state index is -4.90. The number of amidine groups is 1. The molecule has 1 aromatic carbocycles. The van der Waals surface area contributed by atoms with Gasteiger partial charge in [-0.25, -0.2) is 0 Å². The number of carbonyl (C=O) groups excluding carboxylic acids is 2. The van der Waals surface area contributed by atoms with Crippen LogP contribution < -0.4 is 5.32 Å². The van der Waals surface area contributed by atoms with Gasteiger partial charge in [-0.05, 0) is 68.2 Å². The van der Waals surface area contributed by atoms with Crippen LogP contribution in [-0.4, -0.2) is 60.0 Å². The molecular weight excluding hydrogens is 510 g/mol. The lowest BCUT2D eigenvalue weighted by Gasteiger charge is -2.31. The summed E-state index contributed by atoms with van der Waals surface area (Å²) >= 11 is 0.966. The Hall–Kier alpha value is -2.54. The third-order valence-corrected chi connectivity index (χ3v) is 6.77. The highest BCUT2D eigenvalue weighted by Gasteiger charge is 2.38. The Balaban J connectivity index is 1.68. The molecule has 2 saturated heterocycles. The molecule has 0 saturated carbocycles. The predicted molar refractivity (Wildman–Crippen MR) is 124 cm³/mol. The molecule has 2 heterocycles. The molecule has 13 heteroatoms. The van der Waals surface area contributed by atoms with E-state index in [1.807, 2.05) is 6.08 Å². The third-order valence-electron chi connectivity index (χ3n) is 5.93. The summed E-state index contributed by atoms with van der Waals surface area (Å²) in [5, 5.41) is 2.32. The first-order valence-electron chi connectivity index (χ1n) is 11.1. The fourth-order valence-electron chi connectivity index (χ4n) is 4.05. The number of thioether (sulfide) groups is 1. The number of amides is 2. The molecule has 0 aliphatic carbocycles. The molecule has 0 bridgehead atoms. The normalized spacial score (nSPS) is 21.2. The molecule has 36 heavy (non-hydrogen) atoms. The smallest absolute Gasteiger partial charge is 0.347 e. The first-order valence-corrected chi connectivity index (χ1v) is 12.0. The number of carbonyl (C=O) groups is 2. The lowest BCUT2D eigenvalue weighted by molar-refractivity contribution is -0.143. The van der Waals surface area contributed by atoms with E-state index in [4.69, 9.17) is 0 Å². The van der Waals surface area contributed by atoms with Crippen molar-refractivity contribution in [3.63, 3.8) is 0 Å². The van der Waals surface area contributed by atoms with Gasteiger partial charge in [-0.2, -0.15) is 26.3 Å². The van der Waals surface area contributed by atoms with Gasteiger partial charge in [0, 0.05) is 20.6 Å². The maximum Gasteiger partial charge on any atom is 0.416 e. The van der Waals surface area contributed by atoms with Crippen molar-refractivity contribution in [2.75, 3.05) is 27.2 Å². The van der Waals surface area contributed by atoms with Crippen molar-refractivity contribution in [1.82, 2.24) is 15.1 Å². The first-order chi connectivity index (χ1) is 16.6. The van der Waals surface area contributed by atoms with Gasteiger partial charge in [0.1, 0.15) is 11.9 Å². The fraction of sp³-hybridized carbons (Fsp3) is 0.522. The molecule has 198 valence electrons. The van der Waals surface area contributed by atoms with Gasteiger partial charge < -0.3 is 10.2 Å². The fourth-order valence-corrected chi connectivity index (χ4v) is 4.86. The minimum Gasteiger partial charge on any atom is -0.347 e. The lowest BCUT2D eigenvalue weighted by Crippen LogP contribution is -2.34. The Morgan fingerprint density at radius 2 is 1.83 bits per heavy atom. The summed E-state index contributed by atoms with van der Waals surface area (Å²) in [5.41, 5.74) is -2.82.